The smallest absolute Gasteiger partial charge is 0.135 e. The Hall–Kier alpha value is -2.37. The van der Waals surface area contributed by atoms with Crippen molar-refractivity contribution in [2.45, 2.75) is 33.0 Å². The predicted octanol–water partition coefficient (Wildman–Crippen LogP) is 4.79. The maximum absolute atomic E-state index is 6.11. The Morgan fingerprint density at radius 2 is 2.14 bits per heavy atom. The first-order valence-corrected chi connectivity index (χ1v) is 10.0. The van der Waals surface area contributed by atoms with Gasteiger partial charge < -0.3 is 14.4 Å². The molecule has 3 aromatic rings. The van der Waals surface area contributed by atoms with E-state index in [-0.39, 0.29) is 0 Å². The van der Waals surface area contributed by atoms with Gasteiger partial charge in [0, 0.05) is 54.3 Å². The number of hydrogen-bond donors (Lipinski definition) is 0. The van der Waals surface area contributed by atoms with Crippen molar-refractivity contribution in [3.8, 4) is 5.75 Å². The molecule has 2 aromatic heterocycles. The zero-order chi connectivity index (χ0) is 19.5. The van der Waals surface area contributed by atoms with E-state index in [2.05, 4.69) is 28.9 Å². The van der Waals surface area contributed by atoms with Crippen molar-refractivity contribution in [1.29, 1.82) is 0 Å². The highest BCUT2D eigenvalue weighted by atomic mass is 35.5. The topological polar surface area (TPSA) is 47.5 Å². The lowest BCUT2D eigenvalue weighted by atomic mass is 10.1. The SMILES string of the molecule is CCOC1CCN(c2cc(C)nc3cc(OCc4cccnc4Cl)ccc23)C1. The summed E-state index contributed by atoms with van der Waals surface area (Å²) in [5.41, 5.74) is 4.01. The normalized spacial score (nSPS) is 16.7. The van der Waals surface area contributed by atoms with Crippen LogP contribution in [-0.2, 0) is 11.3 Å². The minimum atomic E-state index is 0.306. The Balaban J connectivity index is 1.57. The minimum absolute atomic E-state index is 0.306. The third kappa shape index (κ3) is 4.05. The lowest BCUT2D eigenvalue weighted by Crippen LogP contribution is -2.23. The molecule has 1 aliphatic heterocycles. The molecule has 1 aromatic carbocycles. The number of benzene rings is 1. The Morgan fingerprint density at radius 3 is 2.96 bits per heavy atom. The molecule has 1 atom stereocenters. The number of aromatic nitrogens is 2. The van der Waals surface area contributed by atoms with Crippen LogP contribution in [-0.4, -0.2) is 35.8 Å². The Bertz CT molecular complexity index is 979. The van der Waals surface area contributed by atoms with Crippen molar-refractivity contribution in [2.24, 2.45) is 0 Å². The zero-order valence-corrected chi connectivity index (χ0v) is 16.9. The van der Waals surface area contributed by atoms with Gasteiger partial charge in [0.1, 0.15) is 17.5 Å². The number of aryl methyl sites for hydroxylation is 1. The summed E-state index contributed by atoms with van der Waals surface area (Å²) < 4.78 is 11.7. The van der Waals surface area contributed by atoms with Crippen molar-refractivity contribution < 1.29 is 9.47 Å². The molecule has 6 heteroatoms. The van der Waals surface area contributed by atoms with Gasteiger partial charge in [-0.2, -0.15) is 0 Å². The Labute approximate surface area is 170 Å². The van der Waals surface area contributed by atoms with E-state index < -0.39 is 0 Å². The van der Waals surface area contributed by atoms with Crippen molar-refractivity contribution in [3.63, 3.8) is 0 Å². The second-order valence-electron chi connectivity index (χ2n) is 7.02. The van der Waals surface area contributed by atoms with Crippen LogP contribution < -0.4 is 9.64 Å². The van der Waals surface area contributed by atoms with Gasteiger partial charge in [0.15, 0.2) is 0 Å². The summed E-state index contributed by atoms with van der Waals surface area (Å²) in [6.45, 7) is 7.14. The number of pyridine rings is 2. The number of ether oxygens (including phenoxy) is 2. The van der Waals surface area contributed by atoms with Gasteiger partial charge in [-0.1, -0.05) is 17.7 Å². The van der Waals surface area contributed by atoms with Crippen LogP contribution >= 0.6 is 11.6 Å². The fourth-order valence-electron chi connectivity index (χ4n) is 3.68. The molecular weight excluding hydrogens is 374 g/mol. The highest BCUT2D eigenvalue weighted by molar-refractivity contribution is 6.30. The molecule has 1 aliphatic rings. The van der Waals surface area contributed by atoms with Crippen molar-refractivity contribution in [3.05, 3.63) is 59.0 Å². The second kappa shape index (κ2) is 8.33. The summed E-state index contributed by atoms with van der Waals surface area (Å²) in [5, 5.41) is 1.60. The fourth-order valence-corrected chi connectivity index (χ4v) is 3.85. The molecule has 3 heterocycles. The Morgan fingerprint density at radius 1 is 1.25 bits per heavy atom. The quantitative estimate of drug-likeness (QED) is 0.560. The van der Waals surface area contributed by atoms with E-state index in [1.165, 1.54) is 5.69 Å². The number of halogens is 1. The fraction of sp³-hybridized carbons (Fsp3) is 0.364. The van der Waals surface area contributed by atoms with Crippen LogP contribution in [0.2, 0.25) is 5.15 Å². The van der Waals surface area contributed by atoms with Crippen LogP contribution in [0.5, 0.6) is 5.75 Å². The first-order valence-electron chi connectivity index (χ1n) is 9.64. The van der Waals surface area contributed by atoms with Gasteiger partial charge in [-0.05, 0) is 44.5 Å². The standard InChI is InChI=1S/C22H24ClN3O2/c1-3-27-18-8-10-26(13-18)21-11-15(2)25-20-12-17(6-7-19(20)21)28-14-16-5-4-9-24-22(16)23/h4-7,9,11-12,18H,3,8,10,13-14H2,1-2H3. The maximum Gasteiger partial charge on any atom is 0.135 e. The van der Waals surface area contributed by atoms with Crippen LogP contribution in [0.3, 0.4) is 0 Å². The van der Waals surface area contributed by atoms with E-state index in [4.69, 9.17) is 26.1 Å². The van der Waals surface area contributed by atoms with E-state index in [1.54, 1.807) is 6.20 Å². The van der Waals surface area contributed by atoms with E-state index in [9.17, 15) is 0 Å². The molecule has 28 heavy (non-hydrogen) atoms. The van der Waals surface area contributed by atoms with Crippen molar-refractivity contribution in [2.75, 3.05) is 24.6 Å². The average molecular weight is 398 g/mol. The molecule has 0 N–H and O–H groups in total. The number of nitrogens with zero attached hydrogens (tertiary/aromatic N) is 3. The van der Waals surface area contributed by atoms with Gasteiger partial charge in [-0.3, -0.25) is 4.98 Å². The van der Waals surface area contributed by atoms with Crippen LogP contribution in [0.1, 0.15) is 24.6 Å². The van der Waals surface area contributed by atoms with Gasteiger partial charge in [0.05, 0.1) is 11.6 Å². The third-order valence-corrected chi connectivity index (χ3v) is 5.35. The minimum Gasteiger partial charge on any atom is -0.489 e. The molecule has 1 fully saturated rings. The van der Waals surface area contributed by atoms with Crippen LogP contribution in [0.15, 0.2) is 42.6 Å². The summed E-state index contributed by atoms with van der Waals surface area (Å²) in [6, 6.07) is 12.0. The van der Waals surface area contributed by atoms with Crippen molar-refractivity contribution >= 4 is 28.2 Å². The second-order valence-corrected chi connectivity index (χ2v) is 7.37. The maximum atomic E-state index is 6.11. The molecule has 0 saturated carbocycles. The van der Waals surface area contributed by atoms with Crippen LogP contribution in [0.4, 0.5) is 5.69 Å². The largest absolute Gasteiger partial charge is 0.489 e. The van der Waals surface area contributed by atoms with Crippen LogP contribution in [0.25, 0.3) is 10.9 Å². The van der Waals surface area contributed by atoms with Gasteiger partial charge in [0.25, 0.3) is 0 Å². The number of rotatable bonds is 6. The van der Waals surface area contributed by atoms with E-state index in [0.29, 0.717) is 17.9 Å². The zero-order valence-electron chi connectivity index (χ0n) is 16.2. The average Bonchev–Trinajstić information content (AvgIpc) is 3.15. The van der Waals surface area contributed by atoms with Gasteiger partial charge in [-0.15, -0.1) is 0 Å². The molecule has 1 saturated heterocycles. The first kappa shape index (κ1) is 19.0. The molecule has 0 amide bonds. The van der Waals surface area contributed by atoms with Gasteiger partial charge in [0.2, 0.25) is 0 Å². The molecule has 5 nitrogen and oxygen atoms in total. The lowest BCUT2D eigenvalue weighted by molar-refractivity contribution is 0.0788. The number of anilines is 1. The molecular formula is C22H24ClN3O2. The predicted molar refractivity (Wildman–Crippen MR) is 112 cm³/mol. The number of hydrogen-bond acceptors (Lipinski definition) is 5. The van der Waals surface area contributed by atoms with Gasteiger partial charge >= 0.3 is 0 Å². The van der Waals surface area contributed by atoms with Crippen molar-refractivity contribution in [1.82, 2.24) is 9.97 Å². The lowest BCUT2D eigenvalue weighted by Gasteiger charge is -2.21. The summed E-state index contributed by atoms with van der Waals surface area (Å²) in [7, 11) is 0. The van der Waals surface area contributed by atoms with E-state index in [0.717, 1.165) is 54.0 Å². The summed E-state index contributed by atoms with van der Waals surface area (Å²) >= 11 is 6.11. The number of fused-ring (bicyclic) bond motifs is 1. The van der Waals surface area contributed by atoms with E-state index in [1.807, 2.05) is 31.2 Å². The third-order valence-electron chi connectivity index (χ3n) is 5.01. The summed E-state index contributed by atoms with van der Waals surface area (Å²) in [4.78, 5) is 11.2. The van der Waals surface area contributed by atoms with Gasteiger partial charge in [-0.25, -0.2) is 4.98 Å². The summed E-state index contributed by atoms with van der Waals surface area (Å²) in [5.74, 6) is 0.769. The molecule has 1 unspecified atom stereocenters. The highest BCUT2D eigenvalue weighted by Gasteiger charge is 2.24. The molecule has 4 rings (SSSR count). The molecule has 0 radical (unpaired) electrons. The van der Waals surface area contributed by atoms with E-state index >= 15 is 0 Å². The molecule has 0 spiro atoms. The molecule has 0 aliphatic carbocycles. The van der Waals surface area contributed by atoms with Crippen LogP contribution in [0, 0.1) is 6.92 Å². The first-order chi connectivity index (χ1) is 13.6. The Kier molecular flexibility index (Phi) is 5.64. The molecule has 0 bridgehead atoms. The summed E-state index contributed by atoms with van der Waals surface area (Å²) in [6.07, 6.45) is 3.04. The highest BCUT2D eigenvalue weighted by Crippen LogP contribution is 2.32. The molecule has 146 valence electrons. The monoisotopic (exact) mass is 397 g/mol.